The van der Waals surface area contributed by atoms with Gasteiger partial charge in [0.05, 0.1) is 27.8 Å². The van der Waals surface area contributed by atoms with E-state index in [4.69, 9.17) is 0 Å². The Labute approximate surface area is 206 Å². The van der Waals surface area contributed by atoms with Crippen LogP contribution in [0.1, 0.15) is 36.8 Å². The molecule has 2 atom stereocenters. The highest BCUT2D eigenvalue weighted by Crippen LogP contribution is 2.34. The smallest absolute Gasteiger partial charge is 0.307 e. The largest absolute Gasteiger partial charge is 0.481 e. The summed E-state index contributed by atoms with van der Waals surface area (Å²) in [6.07, 6.45) is 2.85. The molecule has 1 saturated carbocycles. The summed E-state index contributed by atoms with van der Waals surface area (Å²) >= 11 is 2.83. The topological polar surface area (TPSA) is 108 Å². The highest BCUT2D eigenvalue weighted by atomic mass is 32.2. The molecule has 1 heterocycles. The van der Waals surface area contributed by atoms with Crippen LogP contribution in [0.15, 0.2) is 40.7 Å². The molecule has 2 aromatic carbocycles. The van der Waals surface area contributed by atoms with E-state index >= 15 is 0 Å². The lowest BCUT2D eigenvalue weighted by atomic mass is 9.78. The number of aryl methyl sites for hydroxylation is 2. The fraction of sp³-hybridized carbons (Fsp3) is 0.360. The van der Waals surface area contributed by atoms with Crippen LogP contribution in [-0.2, 0) is 14.4 Å². The summed E-state index contributed by atoms with van der Waals surface area (Å²) in [5.74, 6) is -2.13. The van der Waals surface area contributed by atoms with Crippen molar-refractivity contribution in [1.82, 2.24) is 4.98 Å². The van der Waals surface area contributed by atoms with Crippen LogP contribution in [0.25, 0.3) is 10.2 Å². The number of fused-ring (bicyclic) bond motifs is 1. The number of thioether (sulfide) groups is 1. The molecule has 2 amide bonds. The number of carbonyl (C=O) groups is 3. The lowest BCUT2D eigenvalue weighted by Gasteiger charge is -2.27. The quantitative estimate of drug-likeness (QED) is 0.373. The van der Waals surface area contributed by atoms with Crippen molar-refractivity contribution in [1.29, 1.82) is 0 Å². The van der Waals surface area contributed by atoms with Crippen LogP contribution in [-0.4, -0.2) is 33.6 Å². The van der Waals surface area contributed by atoms with Gasteiger partial charge in [-0.1, -0.05) is 42.3 Å². The van der Waals surface area contributed by atoms with Gasteiger partial charge in [0.1, 0.15) is 0 Å². The average Bonchev–Trinajstić information content (AvgIpc) is 3.22. The first-order valence-electron chi connectivity index (χ1n) is 11.2. The zero-order valence-electron chi connectivity index (χ0n) is 19.1. The van der Waals surface area contributed by atoms with E-state index in [1.165, 1.54) is 23.1 Å². The van der Waals surface area contributed by atoms with Gasteiger partial charge < -0.3 is 15.7 Å². The molecule has 3 aromatic rings. The van der Waals surface area contributed by atoms with E-state index in [9.17, 15) is 19.5 Å². The maximum Gasteiger partial charge on any atom is 0.307 e. The highest BCUT2D eigenvalue weighted by Gasteiger charge is 2.35. The SMILES string of the molecule is Cc1ccc(NC(=O)CSc2nc3ccc(NC(=O)[C@H]4CCCC[C@H]4C(=O)O)cc3s2)c(C)c1. The number of carboxylic acids is 1. The second kappa shape index (κ2) is 10.6. The van der Waals surface area contributed by atoms with Gasteiger partial charge in [-0.3, -0.25) is 14.4 Å². The van der Waals surface area contributed by atoms with E-state index in [0.717, 1.165) is 44.2 Å². The molecule has 1 aromatic heterocycles. The van der Waals surface area contributed by atoms with Crippen LogP contribution < -0.4 is 10.6 Å². The molecule has 1 fully saturated rings. The Bertz CT molecular complexity index is 1240. The first-order chi connectivity index (χ1) is 16.3. The van der Waals surface area contributed by atoms with Crippen molar-refractivity contribution in [3.63, 3.8) is 0 Å². The van der Waals surface area contributed by atoms with Gasteiger partial charge in [0, 0.05) is 11.4 Å². The van der Waals surface area contributed by atoms with Crippen molar-refractivity contribution in [3.05, 3.63) is 47.5 Å². The number of carboxylic acid groups (broad SMARTS) is 1. The third-order valence-electron chi connectivity index (χ3n) is 6.04. The molecule has 1 aliphatic carbocycles. The number of aliphatic carboxylic acids is 1. The standard InChI is InChI=1S/C25H27N3O4S2/c1-14-7-9-19(15(2)11-14)27-22(29)13-33-25-28-20-10-8-16(12-21(20)34-25)26-23(30)17-5-3-4-6-18(17)24(31)32/h7-12,17-18H,3-6,13H2,1-2H3,(H,26,30)(H,27,29)(H,31,32)/t17-,18+/m0/s1. The number of nitrogens with one attached hydrogen (secondary N) is 2. The van der Waals surface area contributed by atoms with Gasteiger partial charge in [-0.05, 0) is 56.5 Å². The Morgan fingerprint density at radius 2 is 1.82 bits per heavy atom. The predicted octanol–water partition coefficient (Wildman–Crippen LogP) is 5.47. The molecule has 1 aliphatic rings. The number of rotatable bonds is 7. The van der Waals surface area contributed by atoms with Crippen molar-refractivity contribution < 1.29 is 19.5 Å². The fourth-order valence-electron chi connectivity index (χ4n) is 4.29. The zero-order valence-corrected chi connectivity index (χ0v) is 20.7. The monoisotopic (exact) mass is 497 g/mol. The second-order valence-electron chi connectivity index (χ2n) is 8.64. The predicted molar refractivity (Wildman–Crippen MR) is 137 cm³/mol. The summed E-state index contributed by atoms with van der Waals surface area (Å²) < 4.78 is 1.67. The number of carbonyl (C=O) groups excluding carboxylic acids is 2. The maximum atomic E-state index is 12.8. The van der Waals surface area contributed by atoms with Crippen molar-refractivity contribution >= 4 is 62.5 Å². The summed E-state index contributed by atoms with van der Waals surface area (Å²) in [6, 6.07) is 11.4. The first kappa shape index (κ1) is 24.2. The van der Waals surface area contributed by atoms with Gasteiger partial charge in [-0.25, -0.2) is 4.98 Å². The number of amides is 2. The van der Waals surface area contributed by atoms with Crippen LogP contribution in [0.5, 0.6) is 0 Å². The molecule has 4 rings (SSSR count). The van der Waals surface area contributed by atoms with Gasteiger partial charge in [-0.15, -0.1) is 11.3 Å². The third kappa shape index (κ3) is 5.77. The summed E-state index contributed by atoms with van der Waals surface area (Å²) in [5.41, 5.74) is 4.40. The molecule has 3 N–H and O–H groups in total. The Kier molecular flexibility index (Phi) is 7.53. The number of benzene rings is 2. The van der Waals surface area contributed by atoms with Crippen LogP contribution >= 0.6 is 23.1 Å². The molecule has 178 valence electrons. The van der Waals surface area contributed by atoms with Crippen LogP contribution in [0.3, 0.4) is 0 Å². The Morgan fingerprint density at radius 3 is 2.56 bits per heavy atom. The zero-order chi connectivity index (χ0) is 24.2. The van der Waals surface area contributed by atoms with Crippen LogP contribution in [0, 0.1) is 25.7 Å². The summed E-state index contributed by atoms with van der Waals surface area (Å²) in [5, 5.41) is 15.3. The lowest BCUT2D eigenvalue weighted by Crippen LogP contribution is -2.36. The average molecular weight is 498 g/mol. The van der Waals surface area contributed by atoms with Crippen molar-refractivity contribution in [3.8, 4) is 0 Å². The molecule has 0 unspecified atom stereocenters. The van der Waals surface area contributed by atoms with Gasteiger partial charge in [-0.2, -0.15) is 0 Å². The van der Waals surface area contributed by atoms with Gasteiger partial charge in [0.25, 0.3) is 0 Å². The molecule has 7 nitrogen and oxygen atoms in total. The fourth-order valence-corrected chi connectivity index (χ4v) is 6.19. The van der Waals surface area contributed by atoms with Crippen LogP contribution in [0.4, 0.5) is 11.4 Å². The Hall–Kier alpha value is -2.91. The molecule has 0 bridgehead atoms. The van der Waals surface area contributed by atoms with E-state index < -0.39 is 17.8 Å². The number of aromatic nitrogens is 1. The number of hydrogen-bond acceptors (Lipinski definition) is 6. The van der Waals surface area contributed by atoms with E-state index in [1.54, 1.807) is 6.07 Å². The van der Waals surface area contributed by atoms with Gasteiger partial charge >= 0.3 is 5.97 Å². The van der Waals surface area contributed by atoms with Gasteiger partial charge in [0.2, 0.25) is 11.8 Å². The molecule has 34 heavy (non-hydrogen) atoms. The number of hydrogen-bond donors (Lipinski definition) is 3. The van der Waals surface area contributed by atoms with Crippen molar-refractivity contribution in [2.24, 2.45) is 11.8 Å². The van der Waals surface area contributed by atoms with Gasteiger partial charge in [0.15, 0.2) is 4.34 Å². The normalized spacial score (nSPS) is 17.9. The second-order valence-corrected chi connectivity index (χ2v) is 10.9. The van der Waals surface area contributed by atoms with E-state index in [0.29, 0.717) is 18.5 Å². The van der Waals surface area contributed by atoms with Crippen molar-refractivity contribution in [2.75, 3.05) is 16.4 Å². The third-order valence-corrected chi connectivity index (χ3v) is 8.20. The minimum Gasteiger partial charge on any atom is -0.481 e. The van der Waals surface area contributed by atoms with E-state index in [2.05, 4.69) is 15.6 Å². The lowest BCUT2D eigenvalue weighted by molar-refractivity contribution is -0.147. The molecule has 0 spiro atoms. The molecule has 0 saturated heterocycles. The molecule has 0 radical (unpaired) electrons. The number of nitrogens with zero attached hydrogens (tertiary/aromatic N) is 1. The Morgan fingerprint density at radius 1 is 1.06 bits per heavy atom. The minimum atomic E-state index is -0.902. The highest BCUT2D eigenvalue weighted by molar-refractivity contribution is 8.01. The molecular weight excluding hydrogens is 470 g/mol. The maximum absolute atomic E-state index is 12.8. The van der Waals surface area contributed by atoms with E-state index in [1.807, 2.05) is 44.2 Å². The summed E-state index contributed by atoms with van der Waals surface area (Å²) in [7, 11) is 0. The first-order valence-corrected chi connectivity index (χ1v) is 13.0. The summed E-state index contributed by atoms with van der Waals surface area (Å²) in [6.45, 7) is 3.98. The summed E-state index contributed by atoms with van der Waals surface area (Å²) in [4.78, 5) is 41.3. The molecule has 0 aliphatic heterocycles. The van der Waals surface area contributed by atoms with Crippen LogP contribution in [0.2, 0.25) is 0 Å². The minimum absolute atomic E-state index is 0.0929. The van der Waals surface area contributed by atoms with E-state index in [-0.39, 0.29) is 17.6 Å². The number of thiazole rings is 1. The van der Waals surface area contributed by atoms with Crippen molar-refractivity contribution in [2.45, 2.75) is 43.9 Å². The molecule has 9 heteroatoms. The number of anilines is 2. The molecular formula is C25H27N3O4S2. The Balaban J connectivity index is 1.37.